The number of hydrogen-bond donors (Lipinski definition) is 2. The van der Waals surface area contributed by atoms with Crippen molar-refractivity contribution in [1.82, 2.24) is 4.57 Å². The quantitative estimate of drug-likeness (QED) is 0.842. The van der Waals surface area contributed by atoms with E-state index in [4.69, 9.17) is 0 Å². The molecule has 2 heterocycles. The molecule has 1 aromatic heterocycles. The summed E-state index contributed by atoms with van der Waals surface area (Å²) < 4.78 is 2.18. The maximum Gasteiger partial charge on any atom is 0.337 e. The molecule has 1 aliphatic heterocycles. The molecule has 2 aliphatic rings. The van der Waals surface area contributed by atoms with Gasteiger partial charge in [0.15, 0.2) is 0 Å². The Kier molecular flexibility index (Phi) is 4.63. The standard InChI is InChI=1S/C23H29NO3/c1-2-22(27)10-11-23(14-17-7-4-3-5-8-17)19(15-22)9-6-12-24-16-18(21(25)26)13-20(23)24/h3-5,7-8,13,16,19,27H,2,6,9-12,14-15H2,1H3,(H,25,26)/t19-,22+,23-/m0/s1. The maximum absolute atomic E-state index is 11.6. The Labute approximate surface area is 160 Å². The van der Waals surface area contributed by atoms with Crippen LogP contribution in [0.15, 0.2) is 42.6 Å². The molecule has 1 fully saturated rings. The Morgan fingerprint density at radius 2 is 2.04 bits per heavy atom. The number of aliphatic hydroxyl groups is 1. The van der Waals surface area contributed by atoms with Crippen LogP contribution >= 0.6 is 0 Å². The highest BCUT2D eigenvalue weighted by atomic mass is 16.4. The molecule has 2 N–H and O–H groups in total. The van der Waals surface area contributed by atoms with Crippen molar-refractivity contribution in [3.8, 4) is 0 Å². The molecular weight excluding hydrogens is 338 g/mol. The number of aromatic nitrogens is 1. The van der Waals surface area contributed by atoms with E-state index in [0.717, 1.165) is 57.2 Å². The van der Waals surface area contributed by atoms with Crippen LogP contribution in [0.5, 0.6) is 0 Å². The molecule has 4 nitrogen and oxygen atoms in total. The zero-order valence-electron chi connectivity index (χ0n) is 16.0. The first-order valence-electron chi connectivity index (χ1n) is 10.2. The summed E-state index contributed by atoms with van der Waals surface area (Å²) in [5.41, 5.74) is 2.14. The average molecular weight is 367 g/mol. The molecule has 144 valence electrons. The van der Waals surface area contributed by atoms with Crippen LogP contribution in [0.25, 0.3) is 0 Å². The fraction of sp³-hybridized carbons (Fsp3) is 0.522. The first kappa shape index (κ1) is 18.3. The van der Waals surface area contributed by atoms with E-state index in [-0.39, 0.29) is 5.41 Å². The predicted molar refractivity (Wildman–Crippen MR) is 105 cm³/mol. The minimum atomic E-state index is -0.858. The predicted octanol–water partition coefficient (Wildman–Crippen LogP) is 4.40. The molecule has 0 unspecified atom stereocenters. The number of benzene rings is 1. The summed E-state index contributed by atoms with van der Waals surface area (Å²) >= 11 is 0. The lowest BCUT2D eigenvalue weighted by Gasteiger charge is -2.49. The van der Waals surface area contributed by atoms with Crippen molar-refractivity contribution in [2.45, 2.75) is 69.4 Å². The minimum Gasteiger partial charge on any atom is -0.478 e. The molecule has 1 saturated carbocycles. The number of carboxylic acid groups (broad SMARTS) is 1. The molecule has 0 spiro atoms. The number of hydrogen-bond acceptors (Lipinski definition) is 2. The summed E-state index contributed by atoms with van der Waals surface area (Å²) in [6.07, 6.45) is 8.10. The molecule has 0 radical (unpaired) electrons. The zero-order valence-corrected chi connectivity index (χ0v) is 16.0. The maximum atomic E-state index is 11.6. The second kappa shape index (κ2) is 6.83. The van der Waals surface area contributed by atoms with Gasteiger partial charge >= 0.3 is 5.97 Å². The normalized spacial score (nSPS) is 30.2. The van der Waals surface area contributed by atoms with Crippen LogP contribution in [0, 0.1) is 5.92 Å². The number of carboxylic acids is 1. The van der Waals surface area contributed by atoms with E-state index < -0.39 is 11.6 Å². The summed E-state index contributed by atoms with van der Waals surface area (Å²) in [5.74, 6) is -0.489. The number of aryl methyl sites for hydroxylation is 1. The topological polar surface area (TPSA) is 62.5 Å². The van der Waals surface area contributed by atoms with Crippen LogP contribution < -0.4 is 0 Å². The van der Waals surface area contributed by atoms with E-state index >= 15 is 0 Å². The van der Waals surface area contributed by atoms with Gasteiger partial charge in [0.05, 0.1) is 11.2 Å². The van der Waals surface area contributed by atoms with Gasteiger partial charge in [0, 0.05) is 23.9 Å². The fourth-order valence-corrected chi connectivity index (χ4v) is 5.48. The second-order valence-corrected chi connectivity index (χ2v) is 8.55. The van der Waals surface area contributed by atoms with Crippen LogP contribution in [0.2, 0.25) is 0 Å². The van der Waals surface area contributed by atoms with E-state index in [2.05, 4.69) is 35.8 Å². The molecule has 3 atom stereocenters. The lowest BCUT2D eigenvalue weighted by Crippen LogP contribution is -2.49. The lowest BCUT2D eigenvalue weighted by atomic mass is 9.57. The number of nitrogens with zero attached hydrogens (tertiary/aromatic N) is 1. The van der Waals surface area contributed by atoms with Crippen molar-refractivity contribution in [2.75, 3.05) is 0 Å². The van der Waals surface area contributed by atoms with Gasteiger partial charge < -0.3 is 14.8 Å². The first-order chi connectivity index (χ1) is 13.0. The van der Waals surface area contributed by atoms with Crippen LogP contribution in [0.4, 0.5) is 0 Å². The van der Waals surface area contributed by atoms with E-state index in [1.165, 1.54) is 5.56 Å². The third kappa shape index (κ3) is 3.20. The Morgan fingerprint density at radius 1 is 1.26 bits per heavy atom. The molecule has 1 aliphatic carbocycles. The van der Waals surface area contributed by atoms with Crippen LogP contribution in [-0.2, 0) is 18.4 Å². The summed E-state index contributed by atoms with van der Waals surface area (Å²) in [7, 11) is 0. The van der Waals surface area contributed by atoms with Gasteiger partial charge in [-0.15, -0.1) is 0 Å². The van der Waals surface area contributed by atoms with Gasteiger partial charge in [0.2, 0.25) is 0 Å². The van der Waals surface area contributed by atoms with Crippen molar-refractivity contribution >= 4 is 5.97 Å². The van der Waals surface area contributed by atoms with Crippen molar-refractivity contribution < 1.29 is 15.0 Å². The average Bonchev–Trinajstić information content (AvgIpc) is 3.05. The Balaban J connectivity index is 1.83. The number of aromatic carboxylic acids is 1. The fourth-order valence-electron chi connectivity index (χ4n) is 5.48. The van der Waals surface area contributed by atoms with Crippen molar-refractivity contribution in [1.29, 1.82) is 0 Å². The van der Waals surface area contributed by atoms with E-state index in [1.807, 2.05) is 18.3 Å². The van der Waals surface area contributed by atoms with Crippen LogP contribution in [0.3, 0.4) is 0 Å². The van der Waals surface area contributed by atoms with Crippen LogP contribution in [-0.4, -0.2) is 26.4 Å². The van der Waals surface area contributed by atoms with Gasteiger partial charge in [-0.1, -0.05) is 37.3 Å². The number of fused-ring (bicyclic) bond motifs is 3. The van der Waals surface area contributed by atoms with Crippen molar-refractivity contribution in [3.63, 3.8) is 0 Å². The second-order valence-electron chi connectivity index (χ2n) is 8.55. The molecule has 0 amide bonds. The Hall–Kier alpha value is -2.07. The molecule has 0 bridgehead atoms. The third-order valence-electron chi connectivity index (χ3n) is 7.07. The highest BCUT2D eigenvalue weighted by molar-refractivity contribution is 5.87. The number of rotatable bonds is 4. The van der Waals surface area contributed by atoms with Gasteiger partial charge in [-0.2, -0.15) is 0 Å². The molecular formula is C23H29NO3. The molecule has 0 saturated heterocycles. The summed E-state index contributed by atoms with van der Waals surface area (Å²) in [6.45, 7) is 2.94. The van der Waals surface area contributed by atoms with Gasteiger partial charge in [-0.05, 0) is 62.5 Å². The van der Waals surface area contributed by atoms with E-state index in [9.17, 15) is 15.0 Å². The summed E-state index contributed by atoms with van der Waals surface area (Å²) in [5, 5.41) is 20.6. The lowest BCUT2D eigenvalue weighted by molar-refractivity contribution is -0.0502. The largest absolute Gasteiger partial charge is 0.478 e. The SMILES string of the molecule is CC[C@@]1(O)CC[C@@]2(Cc3ccccc3)c3cc(C(=O)O)cn3CCC[C@H]2C1. The van der Waals surface area contributed by atoms with Crippen LogP contribution in [0.1, 0.15) is 67.1 Å². The molecule has 4 heteroatoms. The van der Waals surface area contributed by atoms with Gasteiger partial charge in [0.1, 0.15) is 0 Å². The number of carbonyl (C=O) groups is 1. The van der Waals surface area contributed by atoms with E-state index in [1.54, 1.807) is 0 Å². The van der Waals surface area contributed by atoms with E-state index in [0.29, 0.717) is 11.5 Å². The summed E-state index contributed by atoms with van der Waals surface area (Å²) in [4.78, 5) is 11.6. The highest BCUT2D eigenvalue weighted by Gasteiger charge is 2.50. The Morgan fingerprint density at radius 3 is 2.74 bits per heavy atom. The molecule has 4 rings (SSSR count). The van der Waals surface area contributed by atoms with Gasteiger partial charge in [-0.3, -0.25) is 0 Å². The third-order valence-corrected chi connectivity index (χ3v) is 7.07. The molecule has 27 heavy (non-hydrogen) atoms. The van der Waals surface area contributed by atoms with Gasteiger partial charge in [0.25, 0.3) is 0 Å². The molecule has 2 aromatic rings. The highest BCUT2D eigenvalue weighted by Crippen LogP contribution is 2.53. The van der Waals surface area contributed by atoms with Gasteiger partial charge in [-0.25, -0.2) is 4.79 Å². The minimum absolute atomic E-state index is 0.104. The summed E-state index contributed by atoms with van der Waals surface area (Å²) in [6, 6.07) is 12.4. The smallest absolute Gasteiger partial charge is 0.337 e. The Bertz CT molecular complexity index is 827. The zero-order chi connectivity index (χ0) is 19.1. The molecule has 1 aromatic carbocycles. The monoisotopic (exact) mass is 367 g/mol. The van der Waals surface area contributed by atoms with Crippen molar-refractivity contribution in [2.24, 2.45) is 5.92 Å². The van der Waals surface area contributed by atoms with Crippen molar-refractivity contribution in [3.05, 3.63) is 59.4 Å². The first-order valence-corrected chi connectivity index (χ1v) is 10.2.